The summed E-state index contributed by atoms with van der Waals surface area (Å²) in [5.41, 5.74) is 6.09. The Hall–Kier alpha value is -1.35. The molecule has 1 amide bonds. The number of rotatable bonds is 8. The van der Waals surface area contributed by atoms with Crippen molar-refractivity contribution in [2.75, 3.05) is 50.5 Å². The number of amides is 1. The Morgan fingerprint density at radius 2 is 2.08 bits per heavy atom. The number of primary amides is 1. The molecule has 0 saturated carbocycles. The molecule has 6 nitrogen and oxygen atoms in total. The Morgan fingerprint density at radius 3 is 2.83 bits per heavy atom. The first-order valence-corrected chi connectivity index (χ1v) is 9.51. The second-order valence-electron chi connectivity index (χ2n) is 5.60. The Kier molecular flexibility index (Phi) is 8.31. The number of nitrogens with two attached hydrogens (primary N) is 1. The van der Waals surface area contributed by atoms with Crippen LogP contribution in [0.3, 0.4) is 0 Å². The molecule has 1 aromatic rings. The van der Waals surface area contributed by atoms with Gasteiger partial charge in [0.05, 0.1) is 31.2 Å². The van der Waals surface area contributed by atoms with E-state index in [1.807, 2.05) is 24.3 Å². The number of hydrogen-bond donors (Lipinski definition) is 4. The normalized spacial score (nSPS) is 15.0. The summed E-state index contributed by atoms with van der Waals surface area (Å²) < 4.78 is 5.36. The van der Waals surface area contributed by atoms with Crippen LogP contribution in [-0.4, -0.2) is 56.2 Å². The first-order chi connectivity index (χ1) is 11.6. The van der Waals surface area contributed by atoms with E-state index in [1.165, 1.54) is 11.8 Å². The fraction of sp³-hybridized carbons (Fsp3) is 0.500. The summed E-state index contributed by atoms with van der Waals surface area (Å²) >= 11 is 6.76. The maximum Gasteiger partial charge on any atom is 0.227 e. The Bertz CT molecular complexity index is 551. The average molecular weight is 370 g/mol. The number of thiocarbonyl (C=S) groups is 1. The molecule has 5 N–H and O–H groups in total. The minimum atomic E-state index is -0.332. The van der Waals surface area contributed by atoms with Gasteiger partial charge in [0.1, 0.15) is 13.1 Å². The van der Waals surface area contributed by atoms with Crippen LogP contribution in [0.5, 0.6) is 0 Å². The molecule has 0 atom stereocenters. The zero-order chi connectivity index (χ0) is 17.2. The topological polar surface area (TPSA) is 80.8 Å². The van der Waals surface area contributed by atoms with Gasteiger partial charge in [-0.1, -0.05) is 12.1 Å². The quantitative estimate of drug-likeness (QED) is 0.290. The molecule has 0 unspecified atom stereocenters. The molecule has 1 saturated heterocycles. The lowest BCUT2D eigenvalue weighted by Crippen LogP contribution is -3.14. The molecule has 0 spiro atoms. The van der Waals surface area contributed by atoms with Gasteiger partial charge in [-0.2, -0.15) is 0 Å². The number of anilines is 1. The minimum absolute atomic E-state index is 0.251. The maximum absolute atomic E-state index is 10.9. The van der Waals surface area contributed by atoms with E-state index >= 15 is 0 Å². The Morgan fingerprint density at radius 1 is 1.33 bits per heavy atom. The molecular weight excluding hydrogens is 344 g/mol. The van der Waals surface area contributed by atoms with Crippen LogP contribution in [0, 0.1) is 0 Å². The van der Waals surface area contributed by atoms with Gasteiger partial charge in [-0.05, 0) is 24.4 Å². The van der Waals surface area contributed by atoms with E-state index in [1.54, 1.807) is 4.90 Å². The Balaban J connectivity index is 1.70. The molecule has 0 aliphatic carbocycles. The van der Waals surface area contributed by atoms with Crippen LogP contribution in [0.15, 0.2) is 29.2 Å². The van der Waals surface area contributed by atoms with Crippen molar-refractivity contribution in [3.8, 4) is 0 Å². The number of nitrogens with one attached hydrogen (secondary N) is 3. The van der Waals surface area contributed by atoms with Gasteiger partial charge in [0.25, 0.3) is 0 Å². The number of benzene rings is 1. The van der Waals surface area contributed by atoms with E-state index in [9.17, 15) is 4.79 Å². The predicted octanol–water partition coefficient (Wildman–Crippen LogP) is -0.144. The molecule has 0 aromatic heterocycles. The number of carbonyl (C=O) groups is 1. The van der Waals surface area contributed by atoms with Gasteiger partial charge >= 0.3 is 0 Å². The van der Waals surface area contributed by atoms with Gasteiger partial charge in [-0.3, -0.25) is 4.79 Å². The number of hydrogen-bond acceptors (Lipinski definition) is 4. The predicted molar refractivity (Wildman–Crippen MR) is 102 cm³/mol. The van der Waals surface area contributed by atoms with Crippen LogP contribution < -0.4 is 21.3 Å². The van der Waals surface area contributed by atoms with Crippen LogP contribution in [-0.2, 0) is 9.53 Å². The summed E-state index contributed by atoms with van der Waals surface area (Å²) in [6.45, 7) is 5.88. The van der Waals surface area contributed by atoms with Crippen molar-refractivity contribution in [3.05, 3.63) is 24.3 Å². The fourth-order valence-corrected chi connectivity index (χ4v) is 3.42. The van der Waals surface area contributed by atoms with Crippen LogP contribution >= 0.6 is 24.0 Å². The highest BCUT2D eigenvalue weighted by molar-refractivity contribution is 8.00. The molecule has 1 heterocycles. The Labute approximate surface area is 152 Å². The number of morpholine rings is 1. The van der Waals surface area contributed by atoms with Crippen molar-refractivity contribution in [2.24, 2.45) is 5.73 Å². The lowest BCUT2D eigenvalue weighted by molar-refractivity contribution is -0.908. The van der Waals surface area contributed by atoms with E-state index in [0.29, 0.717) is 5.11 Å². The first kappa shape index (κ1) is 19.0. The molecule has 1 aromatic carbocycles. The lowest BCUT2D eigenvalue weighted by atomic mass is 10.3. The molecule has 24 heavy (non-hydrogen) atoms. The van der Waals surface area contributed by atoms with Crippen molar-refractivity contribution in [1.82, 2.24) is 5.32 Å². The standard InChI is InChI=1S/C16H24N4O2S2/c17-15(21)12-24-14-5-2-1-4-13(14)19-16(23)18-6-3-7-20-8-10-22-11-9-20/h1-2,4-5H,3,6-12H2,(H2,17,21)(H2,18,19,23)/p+1. The highest BCUT2D eigenvalue weighted by atomic mass is 32.2. The van der Waals surface area contributed by atoms with E-state index in [2.05, 4.69) is 10.6 Å². The highest BCUT2D eigenvalue weighted by Gasteiger charge is 2.12. The van der Waals surface area contributed by atoms with E-state index in [-0.39, 0.29) is 11.7 Å². The van der Waals surface area contributed by atoms with Crippen molar-refractivity contribution >= 4 is 40.7 Å². The number of para-hydroxylation sites is 1. The van der Waals surface area contributed by atoms with Gasteiger partial charge in [0.2, 0.25) is 5.91 Å². The number of carbonyl (C=O) groups excluding carboxylic acids is 1. The van der Waals surface area contributed by atoms with Crippen molar-refractivity contribution < 1.29 is 14.4 Å². The third-order valence-electron chi connectivity index (χ3n) is 3.70. The second-order valence-corrected chi connectivity index (χ2v) is 7.02. The highest BCUT2D eigenvalue weighted by Crippen LogP contribution is 2.26. The van der Waals surface area contributed by atoms with Crippen LogP contribution in [0.2, 0.25) is 0 Å². The average Bonchev–Trinajstić information content (AvgIpc) is 2.59. The third kappa shape index (κ3) is 7.04. The zero-order valence-corrected chi connectivity index (χ0v) is 15.3. The lowest BCUT2D eigenvalue weighted by Gasteiger charge is -2.23. The number of quaternary nitrogens is 1. The molecule has 8 heteroatoms. The smallest absolute Gasteiger partial charge is 0.227 e. The molecule has 132 valence electrons. The summed E-state index contributed by atoms with van der Waals surface area (Å²) in [6.07, 6.45) is 1.06. The molecular formula is C16H25N4O2S2+. The van der Waals surface area contributed by atoms with Crippen molar-refractivity contribution in [1.29, 1.82) is 0 Å². The molecule has 2 rings (SSSR count). The summed E-state index contributed by atoms with van der Waals surface area (Å²) in [5, 5.41) is 7.03. The molecule has 0 radical (unpaired) electrons. The zero-order valence-electron chi connectivity index (χ0n) is 13.7. The fourth-order valence-electron chi connectivity index (χ4n) is 2.46. The van der Waals surface area contributed by atoms with E-state index in [0.717, 1.165) is 56.4 Å². The molecule has 1 aliphatic rings. The van der Waals surface area contributed by atoms with E-state index in [4.69, 9.17) is 22.7 Å². The monoisotopic (exact) mass is 369 g/mol. The summed E-state index contributed by atoms with van der Waals surface area (Å²) in [4.78, 5) is 13.5. The minimum Gasteiger partial charge on any atom is -0.370 e. The van der Waals surface area contributed by atoms with Crippen LogP contribution in [0.1, 0.15) is 6.42 Å². The summed E-state index contributed by atoms with van der Waals surface area (Å²) in [7, 11) is 0. The van der Waals surface area contributed by atoms with Gasteiger partial charge in [0.15, 0.2) is 5.11 Å². The van der Waals surface area contributed by atoms with Gasteiger partial charge in [0, 0.05) is 17.9 Å². The molecule has 0 bridgehead atoms. The van der Waals surface area contributed by atoms with Crippen LogP contribution in [0.25, 0.3) is 0 Å². The van der Waals surface area contributed by atoms with E-state index < -0.39 is 0 Å². The summed E-state index contributed by atoms with van der Waals surface area (Å²) in [5.74, 6) is -0.0811. The van der Waals surface area contributed by atoms with Gasteiger partial charge in [-0.25, -0.2) is 0 Å². The van der Waals surface area contributed by atoms with Crippen molar-refractivity contribution in [3.63, 3.8) is 0 Å². The maximum atomic E-state index is 10.9. The second kappa shape index (κ2) is 10.5. The van der Waals surface area contributed by atoms with Crippen molar-refractivity contribution in [2.45, 2.75) is 11.3 Å². The molecule has 1 fully saturated rings. The SMILES string of the molecule is NC(=O)CSc1ccccc1NC(=S)NCCC[NH+]1CCOCC1. The van der Waals surface area contributed by atoms with Gasteiger partial charge < -0.3 is 26.0 Å². The first-order valence-electron chi connectivity index (χ1n) is 8.11. The largest absolute Gasteiger partial charge is 0.370 e. The third-order valence-corrected chi connectivity index (χ3v) is 5.04. The molecule has 1 aliphatic heterocycles. The summed E-state index contributed by atoms with van der Waals surface area (Å²) in [6, 6.07) is 7.74. The number of thioether (sulfide) groups is 1. The van der Waals surface area contributed by atoms with Crippen LogP contribution in [0.4, 0.5) is 5.69 Å². The van der Waals surface area contributed by atoms with Gasteiger partial charge in [-0.15, -0.1) is 11.8 Å². The number of ether oxygens (including phenoxy) is 1.